The first kappa shape index (κ1) is 56.6. The molecule has 82 heavy (non-hydrogen) atoms. The minimum Gasteiger partial charge on any atom is -0.496 e. The molecule has 0 aliphatic carbocycles. The van der Waals surface area contributed by atoms with E-state index in [1.807, 2.05) is 88.3 Å². The molecule has 15 aromatic rings. The molecular formula is C72H63NO3S6. The van der Waals surface area contributed by atoms with Crippen molar-refractivity contribution in [3.05, 3.63) is 215 Å². The van der Waals surface area contributed by atoms with Crippen LogP contribution in [0.25, 0.3) is 101 Å². The molecule has 5 heterocycles. The summed E-state index contributed by atoms with van der Waals surface area (Å²) in [5.41, 5.74) is 9.19. The van der Waals surface area contributed by atoms with E-state index in [2.05, 4.69) is 218 Å². The van der Waals surface area contributed by atoms with E-state index in [1.165, 1.54) is 146 Å². The Hall–Kier alpha value is -7.28. The van der Waals surface area contributed by atoms with Gasteiger partial charge in [0.25, 0.3) is 0 Å². The number of esters is 1. The predicted octanol–water partition coefficient (Wildman–Crippen LogP) is 22.8. The van der Waals surface area contributed by atoms with E-state index in [-0.39, 0.29) is 5.97 Å². The molecule has 0 saturated carbocycles. The summed E-state index contributed by atoms with van der Waals surface area (Å²) >= 11 is 11.1. The fourth-order valence-electron chi connectivity index (χ4n) is 10.8. The summed E-state index contributed by atoms with van der Waals surface area (Å²) < 4.78 is 24.1. The number of hydrogen-bond donors (Lipinski definition) is 0. The highest BCUT2D eigenvalue weighted by atomic mass is 32.2. The largest absolute Gasteiger partial charge is 0.496 e. The molecule has 0 fully saturated rings. The molecule has 0 aliphatic heterocycles. The molecule has 0 N–H and O–H groups in total. The third kappa shape index (κ3) is 11.0. The number of hydrogen-bond acceptors (Lipinski definition) is 10. The molecule has 10 aromatic carbocycles. The van der Waals surface area contributed by atoms with Crippen LogP contribution in [-0.2, 0) is 4.79 Å². The van der Waals surface area contributed by atoms with Crippen LogP contribution in [0.1, 0.15) is 40.3 Å². The van der Waals surface area contributed by atoms with Crippen molar-refractivity contribution in [3.63, 3.8) is 0 Å². The number of ether oxygens (including phenoxy) is 2. The lowest BCUT2D eigenvalue weighted by Crippen LogP contribution is -2.09. The highest BCUT2D eigenvalue weighted by Crippen LogP contribution is 2.43. The van der Waals surface area contributed by atoms with E-state index in [4.69, 9.17) is 9.47 Å². The molecule has 0 saturated heterocycles. The Labute approximate surface area is 503 Å². The maximum absolute atomic E-state index is 11.1. The van der Waals surface area contributed by atoms with E-state index >= 15 is 0 Å². The van der Waals surface area contributed by atoms with Crippen molar-refractivity contribution in [3.8, 4) is 11.5 Å². The summed E-state index contributed by atoms with van der Waals surface area (Å²) in [5.74, 6) is 1.35. The molecule has 0 atom stereocenters. The van der Waals surface area contributed by atoms with Crippen molar-refractivity contribution in [2.24, 2.45) is 0 Å². The first-order chi connectivity index (χ1) is 39.7. The molecule has 0 radical (unpaired) electrons. The van der Waals surface area contributed by atoms with Crippen molar-refractivity contribution in [1.29, 1.82) is 0 Å². The molecule has 10 heteroatoms. The van der Waals surface area contributed by atoms with Gasteiger partial charge in [-0.05, 0) is 137 Å². The number of thiophene rings is 5. The fraction of sp³-hybridized carbons (Fsp3) is 0.153. The number of carbonyl (C=O) groups is 1. The summed E-state index contributed by atoms with van der Waals surface area (Å²) in [6.45, 7) is 14.4. The first-order valence-corrected chi connectivity index (χ1v) is 32.5. The van der Waals surface area contributed by atoms with Gasteiger partial charge in [-0.1, -0.05) is 115 Å². The zero-order valence-electron chi connectivity index (χ0n) is 47.9. The van der Waals surface area contributed by atoms with Gasteiger partial charge < -0.3 is 14.4 Å². The van der Waals surface area contributed by atoms with E-state index < -0.39 is 0 Å². The van der Waals surface area contributed by atoms with Crippen LogP contribution < -0.4 is 14.4 Å². The predicted molar refractivity (Wildman–Crippen MR) is 369 cm³/mol. The lowest BCUT2D eigenvalue weighted by atomic mass is 10.1. The van der Waals surface area contributed by atoms with Crippen LogP contribution in [0.2, 0.25) is 0 Å². The Bertz CT molecular complexity index is 4740. The fourth-order valence-corrected chi connectivity index (χ4v) is 17.6. The van der Waals surface area contributed by atoms with Gasteiger partial charge in [-0.25, -0.2) is 0 Å². The second-order valence-electron chi connectivity index (χ2n) is 20.6. The van der Waals surface area contributed by atoms with Crippen LogP contribution in [-0.4, -0.2) is 33.4 Å². The van der Waals surface area contributed by atoms with E-state index in [1.54, 1.807) is 18.4 Å². The van der Waals surface area contributed by atoms with E-state index in [0.717, 1.165) is 11.3 Å². The minimum absolute atomic E-state index is 0.279. The van der Waals surface area contributed by atoms with Crippen LogP contribution in [0.4, 0.5) is 5.69 Å². The zero-order chi connectivity index (χ0) is 57.3. The Morgan fingerprint density at radius 1 is 0.378 bits per heavy atom. The van der Waals surface area contributed by atoms with Gasteiger partial charge in [-0.3, -0.25) is 4.79 Å². The summed E-state index contributed by atoms with van der Waals surface area (Å²) in [6.07, 6.45) is 2.14. The van der Waals surface area contributed by atoms with Crippen LogP contribution in [0.15, 0.2) is 187 Å². The van der Waals surface area contributed by atoms with Crippen LogP contribution in [0, 0.1) is 41.5 Å². The lowest BCUT2D eigenvalue weighted by Gasteiger charge is -2.15. The van der Waals surface area contributed by atoms with Gasteiger partial charge in [-0.2, -0.15) is 0 Å². The monoisotopic (exact) mass is 1180 g/mol. The van der Waals surface area contributed by atoms with Crippen molar-refractivity contribution in [2.75, 3.05) is 32.4 Å². The van der Waals surface area contributed by atoms with Crippen molar-refractivity contribution >= 4 is 181 Å². The van der Waals surface area contributed by atoms with Crippen molar-refractivity contribution in [2.45, 2.75) is 53.4 Å². The number of methoxy groups -OCH3 is 1. The number of carbonyl (C=O) groups excluding carboxylic acids is 1. The quantitative estimate of drug-likeness (QED) is 0.0997. The summed E-state index contributed by atoms with van der Waals surface area (Å²) in [4.78, 5) is 14.6. The van der Waals surface area contributed by atoms with Crippen LogP contribution in [0.5, 0.6) is 11.5 Å². The van der Waals surface area contributed by atoms with Gasteiger partial charge in [0.05, 0.1) is 7.11 Å². The summed E-state index contributed by atoms with van der Waals surface area (Å²) in [5, 5.41) is 13.5. The highest BCUT2D eigenvalue weighted by molar-refractivity contribution is 7.98. The second-order valence-corrected chi connectivity index (χ2v) is 26.7. The average Bonchev–Trinajstić information content (AvgIpc) is 4.47. The number of aryl methyl sites for hydroxylation is 6. The SMILES string of the molecule is CC(=O)Oc1ccc2c(sc3ccccc32)c1C.COc1ccc2c(sc3ccccc32)c1C.CSc1ccc2c(sc3ccccc32)c1C.Cc1c(N(C)C)ccc2c1sc1ccccc12.Cc1ccc2c(sc3ccccc32)c1C. The maximum atomic E-state index is 11.1. The number of fused-ring (bicyclic) bond motifs is 15. The number of thioether (sulfide) groups is 1. The molecule has 5 aromatic heterocycles. The van der Waals surface area contributed by atoms with Gasteiger partial charge in [0.1, 0.15) is 11.5 Å². The van der Waals surface area contributed by atoms with Crippen LogP contribution >= 0.6 is 68.4 Å². The first-order valence-electron chi connectivity index (χ1n) is 27.2. The van der Waals surface area contributed by atoms with Gasteiger partial charge in [-0.15, -0.1) is 68.4 Å². The molecule has 0 bridgehead atoms. The third-order valence-electron chi connectivity index (χ3n) is 15.2. The highest BCUT2D eigenvalue weighted by Gasteiger charge is 2.15. The molecule has 410 valence electrons. The van der Waals surface area contributed by atoms with Gasteiger partial charge >= 0.3 is 5.97 Å². The molecule has 0 unspecified atom stereocenters. The Balaban J connectivity index is 0.000000108. The Morgan fingerprint density at radius 2 is 0.707 bits per heavy atom. The lowest BCUT2D eigenvalue weighted by molar-refractivity contribution is -0.131. The van der Waals surface area contributed by atoms with Crippen LogP contribution in [0.3, 0.4) is 0 Å². The van der Waals surface area contributed by atoms with Gasteiger partial charge in [0, 0.05) is 144 Å². The maximum Gasteiger partial charge on any atom is 0.308 e. The minimum atomic E-state index is -0.279. The number of anilines is 1. The number of benzene rings is 10. The Kier molecular flexibility index (Phi) is 16.8. The van der Waals surface area contributed by atoms with Gasteiger partial charge in [0.15, 0.2) is 0 Å². The van der Waals surface area contributed by atoms with Crippen molar-refractivity contribution in [1.82, 2.24) is 0 Å². The molecule has 0 aliphatic rings. The molecular weight excluding hydrogens is 1120 g/mol. The number of rotatable bonds is 4. The van der Waals surface area contributed by atoms with Crippen molar-refractivity contribution < 1.29 is 14.3 Å². The molecule has 0 spiro atoms. The summed E-state index contributed by atoms with van der Waals surface area (Å²) in [6, 6.07) is 64.3. The second kappa shape index (κ2) is 24.3. The topological polar surface area (TPSA) is 38.8 Å². The average molecular weight is 1180 g/mol. The smallest absolute Gasteiger partial charge is 0.308 e. The molecule has 4 nitrogen and oxygen atoms in total. The molecule has 0 amide bonds. The van der Waals surface area contributed by atoms with E-state index in [0.29, 0.717) is 5.75 Å². The van der Waals surface area contributed by atoms with E-state index in [9.17, 15) is 4.79 Å². The van der Waals surface area contributed by atoms with Gasteiger partial charge in [0.2, 0.25) is 0 Å². The third-order valence-corrected chi connectivity index (χ3v) is 22.7. The normalized spacial score (nSPS) is 11.2. The Morgan fingerprint density at radius 3 is 1.10 bits per heavy atom. The summed E-state index contributed by atoms with van der Waals surface area (Å²) in [7, 11) is 5.92. The molecule has 15 rings (SSSR count). The number of nitrogens with zero attached hydrogens (tertiary/aromatic N) is 1. The standard InChI is InChI=1S/C15H15NS.C15H12O2S.C14H12OS.C14H12S2.C14H12S/c1-10-13(16(2)3)9-8-12-11-6-4-5-7-14(11)17-15(10)12;1-9-13(17-10(2)16)8-7-12-11-5-3-4-6-14(11)18-15(9)12;2*1-9-12(15-2)8-7-11-10-5-3-4-6-13(10)16-14(9)11;1-9-7-8-12-11-5-3-4-6-13(11)15-14(12)10(9)2/h4-9H,1-3H3;3-8H,1-2H3;2*3-8H,1-2H3;3-8H,1-2H3. The zero-order valence-corrected chi connectivity index (χ0v) is 52.8.